The first-order chi connectivity index (χ1) is 22.3. The van der Waals surface area contributed by atoms with Gasteiger partial charge in [-0.1, -0.05) is 11.2 Å². The number of nitrogen functional groups attached to an aromatic ring is 1. The lowest BCUT2D eigenvalue weighted by Crippen LogP contribution is -2.70. The Hall–Kier alpha value is -3.50. The first-order valence-electron chi connectivity index (χ1n) is 16.8. The highest BCUT2D eigenvalue weighted by atomic mass is 19.1. The van der Waals surface area contributed by atoms with Crippen LogP contribution in [0.1, 0.15) is 72.7 Å². The van der Waals surface area contributed by atoms with Gasteiger partial charge in [0.2, 0.25) is 0 Å². The number of amidine groups is 1. The maximum atomic E-state index is 14.9. The van der Waals surface area contributed by atoms with E-state index in [2.05, 4.69) is 32.8 Å². The Morgan fingerprint density at radius 3 is 2.78 bits per heavy atom. The van der Waals surface area contributed by atoms with Crippen LogP contribution in [-0.2, 0) is 27.7 Å². The van der Waals surface area contributed by atoms with E-state index in [4.69, 9.17) is 24.7 Å². The van der Waals surface area contributed by atoms with Gasteiger partial charge in [-0.05, 0) is 76.1 Å². The van der Waals surface area contributed by atoms with Crippen molar-refractivity contribution in [2.45, 2.75) is 87.4 Å². The molecule has 5 heterocycles. The molecule has 3 fully saturated rings. The molecule has 1 aromatic heterocycles. The molecule has 2 spiro atoms. The number of nitrogens with one attached hydrogen (secondary N) is 2. The van der Waals surface area contributed by atoms with E-state index in [1.54, 1.807) is 0 Å². The zero-order valence-corrected chi connectivity index (χ0v) is 26.6. The third-order valence-corrected chi connectivity index (χ3v) is 11.2. The van der Waals surface area contributed by atoms with Gasteiger partial charge in [0.15, 0.2) is 23.5 Å². The van der Waals surface area contributed by atoms with Crippen LogP contribution in [0.25, 0.3) is 0 Å². The lowest BCUT2D eigenvalue weighted by atomic mass is 9.61. The second kappa shape index (κ2) is 11.3. The maximum Gasteiger partial charge on any atom is 0.173 e. The Kier molecular flexibility index (Phi) is 7.36. The molecular formula is C34H43FN8O3. The summed E-state index contributed by atoms with van der Waals surface area (Å²) < 4.78 is 33.4. The van der Waals surface area contributed by atoms with E-state index in [9.17, 15) is 9.65 Å². The number of aryl methyl sites for hydroxylation is 1. The van der Waals surface area contributed by atoms with Crippen LogP contribution in [0.4, 0.5) is 10.1 Å². The predicted molar refractivity (Wildman–Crippen MR) is 170 cm³/mol. The first-order valence-corrected chi connectivity index (χ1v) is 16.8. The number of aliphatic imine (C=N–C) groups is 1. The molecule has 8 rings (SSSR count). The summed E-state index contributed by atoms with van der Waals surface area (Å²) in [5, 5.41) is 22.1. The number of rotatable bonds is 5. The molecule has 3 saturated heterocycles. The lowest BCUT2D eigenvalue weighted by molar-refractivity contribution is -0.0965. The highest BCUT2D eigenvalue weighted by Gasteiger charge is 2.49. The van der Waals surface area contributed by atoms with Crippen LogP contribution in [0.15, 0.2) is 33.5 Å². The number of likely N-dealkylation sites (N-methyl/N-ethyl adjacent to an activating group) is 1. The van der Waals surface area contributed by atoms with Crippen molar-refractivity contribution in [3.05, 3.63) is 57.7 Å². The van der Waals surface area contributed by atoms with Crippen LogP contribution in [0, 0.1) is 11.3 Å². The zero-order chi connectivity index (χ0) is 31.6. The lowest BCUT2D eigenvalue weighted by Gasteiger charge is -2.50. The quantitative estimate of drug-likeness (QED) is 0.423. The largest absolute Gasteiger partial charge is 0.398 e. The molecule has 12 heteroatoms. The van der Waals surface area contributed by atoms with Gasteiger partial charge in [-0.2, -0.15) is 5.26 Å². The molecule has 5 atom stereocenters. The second-order valence-electron chi connectivity index (χ2n) is 14.1. The molecule has 244 valence electrons. The van der Waals surface area contributed by atoms with Crippen LogP contribution >= 0.6 is 0 Å². The van der Waals surface area contributed by atoms with Gasteiger partial charge >= 0.3 is 0 Å². The Morgan fingerprint density at radius 2 is 2.04 bits per heavy atom. The van der Waals surface area contributed by atoms with Crippen LogP contribution in [0.5, 0.6) is 0 Å². The van der Waals surface area contributed by atoms with E-state index >= 15 is 0 Å². The fourth-order valence-corrected chi connectivity index (χ4v) is 8.95. The number of fused-ring (bicyclic) bond motifs is 4. The van der Waals surface area contributed by atoms with Gasteiger partial charge in [0.25, 0.3) is 0 Å². The average Bonchev–Trinajstić information content (AvgIpc) is 3.64. The molecule has 11 nitrogen and oxygen atoms in total. The fourth-order valence-electron chi connectivity index (χ4n) is 8.95. The van der Waals surface area contributed by atoms with Crippen LogP contribution in [0.3, 0.4) is 0 Å². The SMILES string of the molecule is CC(OC1C=C(N2CCNC3(COC3)C2)NC(c2noc3c2CCCC32CCCc3ccc(N)c(C#N)c32)=N1)C1C(F)CCN1C. The van der Waals surface area contributed by atoms with Crippen molar-refractivity contribution in [1.29, 1.82) is 5.26 Å². The summed E-state index contributed by atoms with van der Waals surface area (Å²) in [6.07, 6.45) is 5.96. The van der Waals surface area contributed by atoms with E-state index in [1.165, 1.54) is 5.56 Å². The molecule has 0 radical (unpaired) electrons. The highest BCUT2D eigenvalue weighted by molar-refractivity contribution is 6.00. The number of benzene rings is 1. The number of anilines is 1. The van der Waals surface area contributed by atoms with Crippen molar-refractivity contribution in [3.8, 4) is 6.07 Å². The minimum Gasteiger partial charge on any atom is -0.398 e. The summed E-state index contributed by atoms with van der Waals surface area (Å²) in [7, 11) is 1.95. The van der Waals surface area contributed by atoms with Crippen molar-refractivity contribution in [2.24, 2.45) is 4.99 Å². The third-order valence-electron chi connectivity index (χ3n) is 11.2. The van der Waals surface area contributed by atoms with Crippen molar-refractivity contribution in [1.82, 2.24) is 25.6 Å². The summed E-state index contributed by atoms with van der Waals surface area (Å²) in [6, 6.07) is 6.01. The number of nitrogens with two attached hydrogens (primary N) is 1. The van der Waals surface area contributed by atoms with E-state index < -0.39 is 17.8 Å². The number of nitrogens with zero attached hydrogens (tertiary/aromatic N) is 5. The highest BCUT2D eigenvalue weighted by Crippen LogP contribution is 2.52. The molecule has 2 aromatic rings. The fraction of sp³-hybridized carbons (Fsp3) is 0.618. The first kappa shape index (κ1) is 29.9. The molecule has 6 aliphatic rings. The van der Waals surface area contributed by atoms with E-state index in [0.717, 1.165) is 80.9 Å². The standard InChI is InChI=1S/C34H43FN8O3/c1-20(30-24(35)9-13-42(30)2)45-27-15-26(43-14-12-38-33(17-43)18-44-19-33)39-32(40-27)29-22-6-4-11-34(31(22)46-41-29)10-3-5-21-7-8-25(37)23(16-36)28(21)34/h7-8,15,20,24,27,30,38H,3-6,9-14,17-19,37H2,1-2H3,(H,39,40). The second-order valence-corrected chi connectivity index (χ2v) is 14.1. The summed E-state index contributed by atoms with van der Waals surface area (Å²) in [4.78, 5) is 9.40. The van der Waals surface area contributed by atoms with Gasteiger partial charge in [-0.15, -0.1) is 0 Å². The Balaban J connectivity index is 1.17. The smallest absolute Gasteiger partial charge is 0.173 e. The number of aromatic nitrogens is 1. The maximum absolute atomic E-state index is 14.9. The molecule has 0 amide bonds. The molecular weight excluding hydrogens is 587 g/mol. The van der Waals surface area contributed by atoms with Crippen LogP contribution in [0.2, 0.25) is 0 Å². The van der Waals surface area contributed by atoms with Crippen molar-refractivity contribution in [2.75, 3.05) is 52.2 Å². The number of hydrogen-bond acceptors (Lipinski definition) is 11. The number of piperazine rings is 1. The molecule has 2 aliphatic carbocycles. The monoisotopic (exact) mass is 630 g/mol. The molecule has 4 aliphatic heterocycles. The summed E-state index contributed by atoms with van der Waals surface area (Å²) in [5.41, 5.74) is 10.8. The van der Waals surface area contributed by atoms with Gasteiger partial charge in [-0.25, -0.2) is 9.38 Å². The minimum absolute atomic E-state index is 0.0682. The molecule has 0 saturated carbocycles. The van der Waals surface area contributed by atoms with Gasteiger partial charge in [-0.3, -0.25) is 4.90 Å². The number of likely N-dealkylation sites (tertiary alicyclic amines) is 1. The summed E-state index contributed by atoms with van der Waals surface area (Å²) in [6.45, 7) is 6.43. The number of alkyl halides is 1. The van der Waals surface area contributed by atoms with Gasteiger partial charge in [0.05, 0.1) is 41.9 Å². The predicted octanol–water partition coefficient (Wildman–Crippen LogP) is 2.73. The van der Waals surface area contributed by atoms with Crippen molar-refractivity contribution < 1.29 is 18.4 Å². The molecule has 1 aromatic carbocycles. The third kappa shape index (κ3) is 4.74. The molecule has 5 unspecified atom stereocenters. The zero-order valence-electron chi connectivity index (χ0n) is 26.6. The van der Waals surface area contributed by atoms with Gasteiger partial charge < -0.3 is 35.3 Å². The average molecular weight is 631 g/mol. The summed E-state index contributed by atoms with van der Waals surface area (Å²) in [5.74, 6) is 2.31. The van der Waals surface area contributed by atoms with Crippen molar-refractivity contribution >= 4 is 11.5 Å². The van der Waals surface area contributed by atoms with Crippen LogP contribution in [-0.4, -0.2) is 97.3 Å². The summed E-state index contributed by atoms with van der Waals surface area (Å²) >= 11 is 0. The van der Waals surface area contributed by atoms with Gasteiger partial charge in [0.1, 0.15) is 18.1 Å². The van der Waals surface area contributed by atoms with E-state index in [0.29, 0.717) is 49.0 Å². The number of ether oxygens (including phenoxy) is 2. The number of hydrogen-bond donors (Lipinski definition) is 3. The number of halogens is 1. The minimum atomic E-state index is -0.940. The topological polar surface area (TPSA) is 137 Å². The van der Waals surface area contributed by atoms with Crippen molar-refractivity contribution in [3.63, 3.8) is 0 Å². The molecule has 46 heavy (non-hydrogen) atoms. The van der Waals surface area contributed by atoms with Crippen LogP contribution < -0.4 is 16.4 Å². The Labute approximate surface area is 268 Å². The van der Waals surface area contributed by atoms with E-state index in [1.807, 2.05) is 31.0 Å². The molecule has 4 N–H and O–H groups in total. The number of nitriles is 1. The Bertz CT molecular complexity index is 1610. The normalized spacial score (nSPS) is 30.9. The van der Waals surface area contributed by atoms with E-state index in [-0.39, 0.29) is 17.7 Å². The molecule has 0 bridgehead atoms. The van der Waals surface area contributed by atoms with Gasteiger partial charge in [0, 0.05) is 43.5 Å². The Morgan fingerprint density at radius 1 is 1.22 bits per heavy atom.